The molecule has 0 spiro atoms. The summed E-state index contributed by atoms with van der Waals surface area (Å²) in [5.74, 6) is 1.52. The molecular weight excluding hydrogens is 304 g/mol. The van der Waals surface area contributed by atoms with Crippen molar-refractivity contribution >= 4 is 5.91 Å². The number of amides is 1. The summed E-state index contributed by atoms with van der Waals surface area (Å²) in [5, 5.41) is 3.06. The van der Waals surface area contributed by atoms with Gasteiger partial charge in [-0.2, -0.15) is 0 Å². The molecule has 1 aromatic rings. The zero-order valence-electron chi connectivity index (χ0n) is 15.1. The molecule has 5 nitrogen and oxygen atoms in total. The third-order valence-electron chi connectivity index (χ3n) is 4.47. The number of hydrogen-bond acceptors (Lipinski definition) is 4. The molecule has 132 valence electrons. The summed E-state index contributed by atoms with van der Waals surface area (Å²) in [7, 11) is 3.29. The van der Waals surface area contributed by atoms with Crippen molar-refractivity contribution in [2.24, 2.45) is 5.92 Å². The van der Waals surface area contributed by atoms with E-state index in [1.807, 2.05) is 26.0 Å². The first-order valence-electron chi connectivity index (χ1n) is 8.39. The fourth-order valence-electron chi connectivity index (χ4n) is 3.10. The van der Waals surface area contributed by atoms with Gasteiger partial charge in [-0.1, -0.05) is 19.9 Å². The molecule has 0 aromatic heterocycles. The average molecular weight is 332 g/mol. The molecular formula is C19H28N2O3. The Balaban J connectivity index is 2.33. The van der Waals surface area contributed by atoms with Gasteiger partial charge >= 0.3 is 0 Å². The average Bonchev–Trinajstić information content (AvgIpc) is 2.59. The quantitative estimate of drug-likeness (QED) is 0.780. The maximum absolute atomic E-state index is 12.0. The van der Waals surface area contributed by atoms with Crippen LogP contribution in [-0.2, 0) is 11.2 Å². The van der Waals surface area contributed by atoms with Gasteiger partial charge in [0.25, 0.3) is 0 Å². The van der Waals surface area contributed by atoms with Gasteiger partial charge in [-0.15, -0.1) is 6.58 Å². The molecule has 1 aliphatic heterocycles. The Bertz CT molecular complexity index is 599. The van der Waals surface area contributed by atoms with Crippen molar-refractivity contribution < 1.29 is 14.3 Å². The standard InChI is InChI=1S/C19H28N2O3/c1-6-8-21-9-7-14-10-17(23-4)18(24-5)11-15(14)16(21)12-20-19(22)13(2)3/h6,10-11,13,16H,1,7-9,12H2,2-5H3,(H,20,22)/t16-/m0/s1. The normalized spacial score (nSPS) is 17.3. The molecule has 1 aromatic carbocycles. The number of nitrogens with one attached hydrogen (secondary N) is 1. The molecule has 0 radical (unpaired) electrons. The fraction of sp³-hybridized carbons (Fsp3) is 0.526. The maximum atomic E-state index is 12.0. The van der Waals surface area contributed by atoms with Gasteiger partial charge in [-0.25, -0.2) is 0 Å². The molecule has 0 saturated carbocycles. The van der Waals surface area contributed by atoms with Crippen molar-refractivity contribution in [1.29, 1.82) is 0 Å². The second kappa shape index (κ2) is 8.20. The third-order valence-corrected chi connectivity index (χ3v) is 4.47. The van der Waals surface area contributed by atoms with Gasteiger partial charge in [0.1, 0.15) is 0 Å². The molecule has 2 rings (SSSR count). The Labute approximate surface area is 144 Å². The molecule has 1 atom stereocenters. The van der Waals surface area contributed by atoms with Crippen molar-refractivity contribution in [2.75, 3.05) is 33.9 Å². The van der Waals surface area contributed by atoms with Crippen molar-refractivity contribution in [3.63, 3.8) is 0 Å². The zero-order valence-corrected chi connectivity index (χ0v) is 15.1. The molecule has 0 aliphatic carbocycles. The zero-order chi connectivity index (χ0) is 17.7. The summed E-state index contributed by atoms with van der Waals surface area (Å²) >= 11 is 0. The highest BCUT2D eigenvalue weighted by Crippen LogP contribution is 2.37. The van der Waals surface area contributed by atoms with Crippen molar-refractivity contribution in [2.45, 2.75) is 26.3 Å². The molecule has 0 saturated heterocycles. The van der Waals surface area contributed by atoms with Gasteiger partial charge in [0.15, 0.2) is 11.5 Å². The fourth-order valence-corrected chi connectivity index (χ4v) is 3.10. The largest absolute Gasteiger partial charge is 0.493 e. The van der Waals surface area contributed by atoms with Gasteiger partial charge in [-0.3, -0.25) is 9.69 Å². The van der Waals surface area contributed by atoms with Crippen LogP contribution >= 0.6 is 0 Å². The third kappa shape index (κ3) is 3.90. The monoisotopic (exact) mass is 332 g/mol. The highest BCUT2D eigenvalue weighted by atomic mass is 16.5. The van der Waals surface area contributed by atoms with E-state index in [0.717, 1.165) is 31.0 Å². The molecule has 5 heteroatoms. The van der Waals surface area contributed by atoms with E-state index < -0.39 is 0 Å². The second-order valence-electron chi connectivity index (χ2n) is 6.36. The Kier molecular flexibility index (Phi) is 6.26. The minimum absolute atomic E-state index is 0.0219. The van der Waals surface area contributed by atoms with Crippen LogP contribution in [0.4, 0.5) is 0 Å². The number of methoxy groups -OCH3 is 2. The lowest BCUT2D eigenvalue weighted by Gasteiger charge is -2.37. The lowest BCUT2D eigenvalue weighted by molar-refractivity contribution is -0.124. The van der Waals surface area contributed by atoms with E-state index in [4.69, 9.17) is 9.47 Å². The molecule has 1 amide bonds. The highest BCUT2D eigenvalue weighted by Gasteiger charge is 2.29. The van der Waals surface area contributed by atoms with Crippen LogP contribution in [0.2, 0.25) is 0 Å². The summed E-state index contributed by atoms with van der Waals surface area (Å²) in [6.07, 6.45) is 2.85. The lowest BCUT2D eigenvalue weighted by Crippen LogP contribution is -2.43. The molecule has 0 fully saturated rings. The van der Waals surface area contributed by atoms with Crippen LogP contribution in [-0.4, -0.2) is 44.7 Å². The van der Waals surface area contributed by atoms with Crippen LogP contribution in [0.25, 0.3) is 0 Å². The number of fused-ring (bicyclic) bond motifs is 1. The number of carbonyl (C=O) groups excluding carboxylic acids is 1. The summed E-state index contributed by atoms with van der Waals surface area (Å²) in [6.45, 7) is 9.95. The number of carbonyl (C=O) groups is 1. The number of ether oxygens (including phenoxy) is 2. The van der Waals surface area contributed by atoms with Crippen LogP contribution in [0.3, 0.4) is 0 Å². The number of hydrogen-bond donors (Lipinski definition) is 1. The summed E-state index contributed by atoms with van der Waals surface area (Å²) < 4.78 is 10.9. The van der Waals surface area contributed by atoms with Crippen LogP contribution in [0.15, 0.2) is 24.8 Å². The number of benzene rings is 1. The SMILES string of the molecule is C=CCN1CCc2cc(OC)c(OC)cc2[C@@H]1CNC(=O)C(C)C. The van der Waals surface area contributed by atoms with Gasteiger partial charge in [0.2, 0.25) is 5.91 Å². The Morgan fingerprint density at radius 2 is 2.04 bits per heavy atom. The molecule has 0 bridgehead atoms. The molecule has 1 aliphatic rings. The predicted molar refractivity (Wildman–Crippen MR) is 95.6 cm³/mol. The van der Waals surface area contributed by atoms with E-state index in [9.17, 15) is 4.79 Å². The highest BCUT2D eigenvalue weighted by molar-refractivity contribution is 5.77. The van der Waals surface area contributed by atoms with Crippen molar-refractivity contribution in [3.05, 3.63) is 35.9 Å². The van der Waals surface area contributed by atoms with Crippen molar-refractivity contribution in [3.8, 4) is 11.5 Å². The first-order chi connectivity index (χ1) is 11.5. The smallest absolute Gasteiger partial charge is 0.222 e. The second-order valence-corrected chi connectivity index (χ2v) is 6.36. The van der Waals surface area contributed by atoms with Gasteiger partial charge in [0, 0.05) is 25.6 Å². The van der Waals surface area contributed by atoms with E-state index in [1.165, 1.54) is 11.1 Å². The van der Waals surface area contributed by atoms with E-state index >= 15 is 0 Å². The maximum Gasteiger partial charge on any atom is 0.222 e. The molecule has 24 heavy (non-hydrogen) atoms. The summed E-state index contributed by atoms with van der Waals surface area (Å²) in [5.41, 5.74) is 2.43. The van der Waals surface area contributed by atoms with Gasteiger partial charge < -0.3 is 14.8 Å². The van der Waals surface area contributed by atoms with E-state index in [-0.39, 0.29) is 17.9 Å². The van der Waals surface area contributed by atoms with Crippen LogP contribution in [0.1, 0.15) is 31.0 Å². The summed E-state index contributed by atoms with van der Waals surface area (Å²) in [4.78, 5) is 14.3. The van der Waals surface area contributed by atoms with Gasteiger partial charge in [-0.05, 0) is 29.7 Å². The van der Waals surface area contributed by atoms with Crippen LogP contribution in [0, 0.1) is 5.92 Å². The Hall–Kier alpha value is -2.01. The lowest BCUT2D eigenvalue weighted by atomic mass is 9.91. The molecule has 1 N–H and O–H groups in total. The van der Waals surface area contributed by atoms with Crippen LogP contribution in [0.5, 0.6) is 11.5 Å². The first kappa shape index (κ1) is 18.3. The van der Waals surface area contributed by atoms with E-state index in [0.29, 0.717) is 6.54 Å². The Morgan fingerprint density at radius 1 is 1.38 bits per heavy atom. The minimum Gasteiger partial charge on any atom is -0.493 e. The van der Waals surface area contributed by atoms with Crippen LogP contribution < -0.4 is 14.8 Å². The first-order valence-corrected chi connectivity index (χ1v) is 8.39. The van der Waals surface area contributed by atoms with E-state index in [2.05, 4.69) is 22.9 Å². The van der Waals surface area contributed by atoms with E-state index in [1.54, 1.807) is 14.2 Å². The number of nitrogens with zero attached hydrogens (tertiary/aromatic N) is 1. The Morgan fingerprint density at radius 3 is 2.62 bits per heavy atom. The topological polar surface area (TPSA) is 50.8 Å². The predicted octanol–water partition coefficient (Wildman–Crippen LogP) is 2.56. The number of rotatable bonds is 7. The molecule has 0 unspecified atom stereocenters. The minimum atomic E-state index is -0.0219. The summed E-state index contributed by atoms with van der Waals surface area (Å²) in [6, 6.07) is 4.20. The van der Waals surface area contributed by atoms with Gasteiger partial charge in [0.05, 0.1) is 20.3 Å². The molecule has 1 heterocycles. The van der Waals surface area contributed by atoms with Crippen molar-refractivity contribution in [1.82, 2.24) is 10.2 Å².